The molecule has 0 aromatic heterocycles. The Hall–Kier alpha value is -2.04. The zero-order valence-electron chi connectivity index (χ0n) is 9.86. The highest BCUT2D eigenvalue weighted by molar-refractivity contribution is 5.94. The van der Waals surface area contributed by atoms with Crippen molar-refractivity contribution < 1.29 is 14.7 Å². The molecule has 0 heterocycles. The van der Waals surface area contributed by atoms with Crippen LogP contribution >= 0.6 is 0 Å². The van der Waals surface area contributed by atoms with Crippen LogP contribution in [0.15, 0.2) is 18.2 Å². The van der Waals surface area contributed by atoms with Crippen molar-refractivity contribution in [3.63, 3.8) is 0 Å². The van der Waals surface area contributed by atoms with Gasteiger partial charge >= 0.3 is 5.97 Å². The molecule has 1 atom stereocenters. The molecule has 0 spiro atoms. The van der Waals surface area contributed by atoms with Crippen molar-refractivity contribution in [3.05, 3.63) is 29.3 Å². The fraction of sp³-hybridized carbons (Fsp3) is 0.333. The summed E-state index contributed by atoms with van der Waals surface area (Å²) in [5, 5.41) is 12.0. The van der Waals surface area contributed by atoms with E-state index in [2.05, 4.69) is 5.32 Å². The number of nitrogens with one attached hydrogen (secondary N) is 1. The van der Waals surface area contributed by atoms with Gasteiger partial charge in [0.15, 0.2) is 0 Å². The predicted octanol–water partition coefficient (Wildman–Crippen LogP) is 1.37. The molecule has 1 aromatic carbocycles. The molecular weight excluding hydrogens is 220 g/mol. The molecule has 1 rings (SSSR count). The maximum absolute atomic E-state index is 11.0. The number of amides is 1. The third-order valence-electron chi connectivity index (χ3n) is 2.31. The molecule has 4 N–H and O–H groups in total. The number of primary amides is 1. The van der Waals surface area contributed by atoms with Crippen LogP contribution < -0.4 is 11.1 Å². The van der Waals surface area contributed by atoms with E-state index < -0.39 is 11.9 Å². The Morgan fingerprint density at radius 3 is 2.65 bits per heavy atom. The number of carboxylic acid groups (broad SMARTS) is 1. The van der Waals surface area contributed by atoms with Crippen LogP contribution in [0, 0.1) is 6.92 Å². The fourth-order valence-corrected chi connectivity index (χ4v) is 1.58. The molecule has 5 heteroatoms. The van der Waals surface area contributed by atoms with Crippen LogP contribution in [0.1, 0.15) is 29.3 Å². The van der Waals surface area contributed by atoms with Crippen LogP contribution in [0.3, 0.4) is 0 Å². The van der Waals surface area contributed by atoms with Gasteiger partial charge in [-0.2, -0.15) is 0 Å². The van der Waals surface area contributed by atoms with E-state index in [9.17, 15) is 9.59 Å². The molecule has 0 saturated heterocycles. The first-order chi connectivity index (χ1) is 7.90. The maximum atomic E-state index is 11.0. The average molecular weight is 236 g/mol. The van der Waals surface area contributed by atoms with Gasteiger partial charge in [0.05, 0.1) is 5.56 Å². The summed E-state index contributed by atoms with van der Waals surface area (Å²) >= 11 is 0. The Labute approximate surface area is 99.6 Å². The molecule has 0 radical (unpaired) electrons. The Morgan fingerprint density at radius 1 is 1.47 bits per heavy atom. The van der Waals surface area contributed by atoms with Gasteiger partial charge in [-0.3, -0.25) is 4.79 Å². The second-order valence-electron chi connectivity index (χ2n) is 4.07. The van der Waals surface area contributed by atoms with Crippen LogP contribution in [0.4, 0.5) is 5.69 Å². The second-order valence-corrected chi connectivity index (χ2v) is 4.07. The smallest absolute Gasteiger partial charge is 0.337 e. The molecule has 92 valence electrons. The first kappa shape index (κ1) is 13.0. The highest BCUT2D eigenvalue weighted by Crippen LogP contribution is 2.18. The summed E-state index contributed by atoms with van der Waals surface area (Å²) < 4.78 is 0. The molecule has 17 heavy (non-hydrogen) atoms. The molecule has 1 aromatic rings. The summed E-state index contributed by atoms with van der Waals surface area (Å²) in [4.78, 5) is 21.8. The lowest BCUT2D eigenvalue weighted by Gasteiger charge is -2.15. The average Bonchev–Trinajstić information content (AvgIpc) is 2.19. The zero-order valence-corrected chi connectivity index (χ0v) is 9.86. The van der Waals surface area contributed by atoms with E-state index in [1.54, 1.807) is 19.1 Å². The number of hydrogen-bond acceptors (Lipinski definition) is 3. The van der Waals surface area contributed by atoms with Gasteiger partial charge in [0.1, 0.15) is 0 Å². The number of carbonyl (C=O) groups excluding carboxylic acids is 1. The maximum Gasteiger partial charge on any atom is 0.337 e. The van der Waals surface area contributed by atoms with Gasteiger partial charge in [-0.05, 0) is 26.0 Å². The van der Waals surface area contributed by atoms with Crippen LogP contribution in [0.25, 0.3) is 0 Å². The van der Waals surface area contributed by atoms with Crippen molar-refractivity contribution in [3.8, 4) is 0 Å². The summed E-state index contributed by atoms with van der Waals surface area (Å²) in [5.41, 5.74) is 6.64. The van der Waals surface area contributed by atoms with Crippen LogP contribution in [0.5, 0.6) is 0 Å². The number of nitrogens with two attached hydrogens (primary N) is 1. The minimum absolute atomic E-state index is 0.160. The number of aromatic carboxylic acids is 1. The quantitative estimate of drug-likeness (QED) is 0.719. The van der Waals surface area contributed by atoms with Crippen LogP contribution in [-0.2, 0) is 4.79 Å². The summed E-state index contributed by atoms with van der Waals surface area (Å²) in [5.74, 6) is -1.42. The number of benzene rings is 1. The highest BCUT2D eigenvalue weighted by Gasteiger charge is 2.13. The molecule has 1 amide bonds. The number of aryl methyl sites for hydroxylation is 1. The van der Waals surface area contributed by atoms with Crippen molar-refractivity contribution in [1.29, 1.82) is 0 Å². The monoisotopic (exact) mass is 236 g/mol. The minimum atomic E-state index is -0.998. The van der Waals surface area contributed by atoms with E-state index in [-0.39, 0.29) is 18.0 Å². The van der Waals surface area contributed by atoms with Crippen molar-refractivity contribution in [2.24, 2.45) is 5.73 Å². The largest absolute Gasteiger partial charge is 0.478 e. The van der Waals surface area contributed by atoms with Crippen LogP contribution in [0.2, 0.25) is 0 Å². The third-order valence-corrected chi connectivity index (χ3v) is 2.31. The molecule has 0 aliphatic heterocycles. The Morgan fingerprint density at radius 2 is 2.12 bits per heavy atom. The zero-order chi connectivity index (χ0) is 13.0. The first-order valence-electron chi connectivity index (χ1n) is 5.29. The van der Waals surface area contributed by atoms with E-state index in [1.807, 2.05) is 13.0 Å². The summed E-state index contributed by atoms with van der Waals surface area (Å²) in [7, 11) is 0. The number of carboxylic acids is 1. The molecular formula is C12H16N2O3. The summed E-state index contributed by atoms with van der Waals surface area (Å²) in [6.07, 6.45) is 0.160. The standard InChI is InChI=1S/C12H16N2O3/c1-7-3-4-10(9(5-7)12(16)17)14-8(2)6-11(13)15/h3-5,8,14H,6H2,1-2H3,(H2,13,15)(H,16,17). The van der Waals surface area contributed by atoms with Crippen molar-refractivity contribution in [1.82, 2.24) is 0 Å². The van der Waals surface area contributed by atoms with Gasteiger partial charge in [-0.1, -0.05) is 11.6 Å². The van der Waals surface area contributed by atoms with Gasteiger partial charge < -0.3 is 16.2 Å². The summed E-state index contributed by atoms with van der Waals surface area (Å²) in [6, 6.07) is 4.89. The lowest BCUT2D eigenvalue weighted by molar-refractivity contribution is -0.118. The Balaban J connectivity index is 2.90. The van der Waals surface area contributed by atoms with E-state index >= 15 is 0 Å². The van der Waals surface area contributed by atoms with E-state index in [1.165, 1.54) is 0 Å². The fourth-order valence-electron chi connectivity index (χ4n) is 1.58. The third kappa shape index (κ3) is 3.79. The normalized spacial score (nSPS) is 11.9. The number of rotatable bonds is 5. The predicted molar refractivity (Wildman–Crippen MR) is 65.0 cm³/mol. The lowest BCUT2D eigenvalue weighted by Crippen LogP contribution is -2.24. The highest BCUT2D eigenvalue weighted by atomic mass is 16.4. The Bertz CT molecular complexity index is 443. The van der Waals surface area contributed by atoms with E-state index in [0.29, 0.717) is 5.69 Å². The van der Waals surface area contributed by atoms with Crippen molar-refractivity contribution in [2.75, 3.05) is 5.32 Å². The number of anilines is 1. The molecule has 1 unspecified atom stereocenters. The molecule has 5 nitrogen and oxygen atoms in total. The number of hydrogen-bond donors (Lipinski definition) is 3. The first-order valence-corrected chi connectivity index (χ1v) is 5.29. The molecule has 0 saturated carbocycles. The second kappa shape index (κ2) is 5.34. The van der Waals surface area contributed by atoms with Gasteiger partial charge in [0, 0.05) is 18.2 Å². The topological polar surface area (TPSA) is 92.4 Å². The lowest BCUT2D eigenvalue weighted by atomic mass is 10.1. The van der Waals surface area contributed by atoms with Gasteiger partial charge in [-0.15, -0.1) is 0 Å². The van der Waals surface area contributed by atoms with Crippen LogP contribution in [-0.4, -0.2) is 23.0 Å². The molecule has 0 aliphatic carbocycles. The van der Waals surface area contributed by atoms with E-state index in [0.717, 1.165) is 5.56 Å². The molecule has 0 bridgehead atoms. The molecule has 0 aliphatic rings. The van der Waals surface area contributed by atoms with Crippen molar-refractivity contribution in [2.45, 2.75) is 26.3 Å². The number of carbonyl (C=O) groups is 2. The van der Waals surface area contributed by atoms with Crippen molar-refractivity contribution >= 4 is 17.6 Å². The Kier molecular flexibility index (Phi) is 4.09. The van der Waals surface area contributed by atoms with Gasteiger partial charge in [0.2, 0.25) is 5.91 Å². The SMILES string of the molecule is Cc1ccc(NC(C)CC(N)=O)c(C(=O)O)c1. The molecule has 0 fully saturated rings. The van der Waals surface area contributed by atoms with Gasteiger partial charge in [-0.25, -0.2) is 4.79 Å². The minimum Gasteiger partial charge on any atom is -0.478 e. The summed E-state index contributed by atoms with van der Waals surface area (Å²) in [6.45, 7) is 3.60. The van der Waals surface area contributed by atoms with Gasteiger partial charge in [0.25, 0.3) is 0 Å². The van der Waals surface area contributed by atoms with E-state index in [4.69, 9.17) is 10.8 Å².